The van der Waals surface area contributed by atoms with Crippen LogP contribution in [0.25, 0.3) is 0 Å². The SMILES string of the molecule is COc1ccc(COC(=O)CCC(Cc2ccc(OC)cc2)NC(=O)NC(CCCCNC(=O)c2cncc([125I])c2)C(=O)OCc2ccc(OC)cc2)cc1. The third-order valence-electron chi connectivity index (χ3n) is 8.53. The Labute approximate surface area is 335 Å². The first-order valence-corrected chi connectivity index (χ1v) is 18.9. The van der Waals surface area contributed by atoms with Crippen LogP contribution in [0.1, 0.15) is 59.2 Å². The normalized spacial score (nSPS) is 11.7. The maximum atomic E-state index is 13.5. The molecule has 13 nitrogen and oxygen atoms in total. The molecule has 3 aromatic carbocycles. The maximum Gasteiger partial charge on any atom is 0.329 e. The van der Waals surface area contributed by atoms with Gasteiger partial charge in [-0.2, -0.15) is 0 Å². The van der Waals surface area contributed by atoms with E-state index in [1.165, 1.54) is 6.20 Å². The van der Waals surface area contributed by atoms with Crippen LogP contribution in [-0.4, -0.2) is 68.8 Å². The molecule has 2 unspecified atom stereocenters. The molecule has 0 saturated heterocycles. The van der Waals surface area contributed by atoms with Gasteiger partial charge in [0.25, 0.3) is 5.91 Å². The Hall–Kier alpha value is -5.38. The Balaban J connectivity index is 1.37. The first kappa shape index (κ1) is 42.4. The molecule has 0 aliphatic rings. The molecule has 3 N–H and O–H groups in total. The zero-order valence-corrected chi connectivity index (χ0v) is 33.3. The number of urea groups is 1. The summed E-state index contributed by atoms with van der Waals surface area (Å²) in [7, 11) is 4.73. The predicted octanol–water partition coefficient (Wildman–Crippen LogP) is 6.16. The lowest BCUT2D eigenvalue weighted by Crippen LogP contribution is -2.50. The molecular formula is C41H47IN4O9. The summed E-state index contributed by atoms with van der Waals surface area (Å²) in [6.45, 7) is 0.469. The summed E-state index contributed by atoms with van der Waals surface area (Å²) in [5, 5.41) is 8.62. The molecule has 292 valence electrons. The lowest BCUT2D eigenvalue weighted by molar-refractivity contribution is -0.147. The number of benzene rings is 3. The van der Waals surface area contributed by atoms with Crippen LogP contribution >= 0.6 is 22.6 Å². The topological polar surface area (TPSA) is 163 Å². The minimum atomic E-state index is -0.982. The molecule has 0 aliphatic heterocycles. The number of ether oxygens (including phenoxy) is 5. The van der Waals surface area contributed by atoms with Gasteiger partial charge in [-0.25, -0.2) is 9.59 Å². The zero-order chi connectivity index (χ0) is 39.4. The average Bonchev–Trinajstić information content (AvgIpc) is 3.21. The van der Waals surface area contributed by atoms with Crippen molar-refractivity contribution in [3.8, 4) is 17.2 Å². The fraction of sp³-hybridized carbons (Fsp3) is 0.341. The highest BCUT2D eigenvalue weighted by Gasteiger charge is 2.24. The van der Waals surface area contributed by atoms with Crippen molar-refractivity contribution in [2.24, 2.45) is 0 Å². The molecule has 4 rings (SSSR count). The summed E-state index contributed by atoms with van der Waals surface area (Å²) in [6.07, 6.45) is 5.22. The molecule has 1 aromatic heterocycles. The van der Waals surface area contributed by atoms with Crippen LogP contribution in [0.5, 0.6) is 17.2 Å². The lowest BCUT2D eigenvalue weighted by Gasteiger charge is -2.22. The van der Waals surface area contributed by atoms with Crippen molar-refractivity contribution in [1.82, 2.24) is 20.9 Å². The standard InChI is InChI=1S/C41H47IN4O9/c1-51-34-14-7-28(8-15-34)22-33(13-20-38(47)54-26-29-9-16-35(52-2)17-10-29)45-41(50)46-37(40(49)55-27-30-11-18-36(53-3)19-12-30)6-4-5-21-44-39(48)31-23-32(42)25-43-24-31/h7-12,14-19,23-25,33,37H,4-6,13,20-22,26-27H2,1-3H3,(H,44,48)(H2,45,46,50)/i42-2. The highest BCUT2D eigenvalue weighted by atomic mass is 125. The van der Waals surface area contributed by atoms with E-state index in [-0.39, 0.29) is 38.4 Å². The van der Waals surface area contributed by atoms with Gasteiger partial charge in [0.2, 0.25) is 0 Å². The van der Waals surface area contributed by atoms with Gasteiger partial charge in [-0.3, -0.25) is 14.6 Å². The van der Waals surface area contributed by atoms with Gasteiger partial charge in [0.15, 0.2) is 0 Å². The number of nitrogens with one attached hydrogen (secondary N) is 3. The first-order chi connectivity index (χ1) is 26.6. The van der Waals surface area contributed by atoms with Crippen molar-refractivity contribution in [3.05, 3.63) is 117 Å². The Morgan fingerprint density at radius 1 is 0.691 bits per heavy atom. The molecule has 0 spiro atoms. The van der Waals surface area contributed by atoms with Crippen molar-refractivity contribution in [2.45, 2.75) is 63.8 Å². The third-order valence-corrected chi connectivity index (χ3v) is 9.12. The number of halogens is 1. The number of hydrogen-bond donors (Lipinski definition) is 3. The van der Waals surface area contributed by atoms with Gasteiger partial charge in [-0.15, -0.1) is 0 Å². The fourth-order valence-corrected chi connectivity index (χ4v) is 5.94. The van der Waals surface area contributed by atoms with E-state index in [1.54, 1.807) is 70.0 Å². The maximum absolute atomic E-state index is 13.5. The van der Waals surface area contributed by atoms with E-state index in [0.717, 1.165) is 20.3 Å². The molecule has 1 heterocycles. The summed E-state index contributed by atoms with van der Waals surface area (Å²) in [5.74, 6) is 0.804. The molecule has 3 amide bonds. The van der Waals surface area contributed by atoms with E-state index >= 15 is 0 Å². The molecule has 2 atom stereocenters. The van der Waals surface area contributed by atoms with Crippen LogP contribution in [0.4, 0.5) is 4.79 Å². The monoisotopic (exact) mass is 864 g/mol. The van der Waals surface area contributed by atoms with Gasteiger partial charge in [-0.1, -0.05) is 36.4 Å². The minimum Gasteiger partial charge on any atom is -0.497 e. The summed E-state index contributed by atoms with van der Waals surface area (Å²) < 4.78 is 27.6. The van der Waals surface area contributed by atoms with Crippen LogP contribution in [0.15, 0.2) is 91.3 Å². The van der Waals surface area contributed by atoms with Gasteiger partial charge in [0, 0.05) is 35.0 Å². The summed E-state index contributed by atoms with van der Waals surface area (Å²) in [4.78, 5) is 56.3. The molecule has 0 saturated carbocycles. The second kappa shape index (κ2) is 22.7. The van der Waals surface area contributed by atoms with E-state index in [2.05, 4.69) is 43.5 Å². The second-order valence-corrected chi connectivity index (χ2v) is 13.8. The van der Waals surface area contributed by atoms with Crippen molar-refractivity contribution >= 4 is 46.5 Å². The van der Waals surface area contributed by atoms with Gasteiger partial charge in [0.1, 0.15) is 36.5 Å². The van der Waals surface area contributed by atoms with E-state index < -0.39 is 30.1 Å². The number of pyridine rings is 1. The van der Waals surface area contributed by atoms with Crippen molar-refractivity contribution < 1.29 is 42.9 Å². The summed E-state index contributed by atoms with van der Waals surface area (Å²) in [5.41, 5.74) is 2.94. The Morgan fingerprint density at radius 3 is 1.82 bits per heavy atom. The van der Waals surface area contributed by atoms with Gasteiger partial charge >= 0.3 is 18.0 Å². The van der Waals surface area contributed by atoms with Crippen molar-refractivity contribution in [1.29, 1.82) is 0 Å². The second-order valence-electron chi connectivity index (χ2n) is 12.6. The summed E-state index contributed by atoms with van der Waals surface area (Å²) in [6, 6.07) is 21.5. The van der Waals surface area contributed by atoms with Gasteiger partial charge in [-0.05, 0) is 114 Å². The Kier molecular flexibility index (Phi) is 17.5. The number of esters is 2. The van der Waals surface area contributed by atoms with Crippen LogP contribution < -0.4 is 30.2 Å². The van der Waals surface area contributed by atoms with Gasteiger partial charge in [0.05, 0.1) is 26.9 Å². The van der Waals surface area contributed by atoms with Crippen LogP contribution in [0.2, 0.25) is 0 Å². The molecular weight excluding hydrogens is 817 g/mol. The molecule has 0 aliphatic carbocycles. The fourth-order valence-electron chi connectivity index (χ4n) is 5.45. The molecule has 0 fully saturated rings. The molecule has 4 aromatic rings. The van der Waals surface area contributed by atoms with Crippen LogP contribution in [-0.2, 0) is 38.7 Å². The number of amides is 3. The highest BCUT2D eigenvalue weighted by Crippen LogP contribution is 2.17. The average molecular weight is 865 g/mol. The molecule has 0 radical (unpaired) electrons. The Bertz CT molecular complexity index is 1820. The largest absolute Gasteiger partial charge is 0.497 e. The first-order valence-electron chi connectivity index (χ1n) is 17.8. The van der Waals surface area contributed by atoms with Crippen LogP contribution in [0, 0.1) is 3.57 Å². The van der Waals surface area contributed by atoms with Crippen molar-refractivity contribution in [3.63, 3.8) is 0 Å². The van der Waals surface area contributed by atoms with E-state index in [4.69, 9.17) is 23.7 Å². The van der Waals surface area contributed by atoms with E-state index in [0.29, 0.717) is 48.6 Å². The number of hydrogen-bond acceptors (Lipinski definition) is 10. The smallest absolute Gasteiger partial charge is 0.329 e. The van der Waals surface area contributed by atoms with E-state index in [9.17, 15) is 19.2 Å². The zero-order valence-electron chi connectivity index (χ0n) is 31.2. The van der Waals surface area contributed by atoms with Crippen molar-refractivity contribution in [2.75, 3.05) is 27.9 Å². The number of carbonyl (C=O) groups excluding carboxylic acids is 4. The number of unbranched alkanes of at least 4 members (excludes halogenated alkanes) is 1. The lowest BCUT2D eigenvalue weighted by atomic mass is 10.0. The third kappa shape index (κ3) is 15.1. The number of carbonyl (C=O) groups is 4. The van der Waals surface area contributed by atoms with Gasteiger partial charge < -0.3 is 39.6 Å². The molecule has 0 bridgehead atoms. The predicted molar refractivity (Wildman–Crippen MR) is 214 cm³/mol. The number of methoxy groups -OCH3 is 3. The molecule has 14 heteroatoms. The number of aromatic nitrogens is 1. The van der Waals surface area contributed by atoms with Crippen LogP contribution in [0.3, 0.4) is 0 Å². The summed E-state index contributed by atoms with van der Waals surface area (Å²) >= 11 is 2.10. The quantitative estimate of drug-likeness (QED) is 0.0503. The minimum absolute atomic E-state index is 0.00132. The number of nitrogens with zero attached hydrogens (tertiary/aromatic N) is 1. The molecule has 55 heavy (non-hydrogen) atoms. The Morgan fingerprint density at radius 2 is 1.25 bits per heavy atom. The highest BCUT2D eigenvalue weighted by molar-refractivity contribution is 14.1. The van der Waals surface area contributed by atoms with E-state index in [1.807, 2.05) is 36.4 Å². The number of rotatable bonds is 21.